The van der Waals surface area contributed by atoms with Crippen LogP contribution in [0.1, 0.15) is 5.69 Å². The molecular weight excluding hydrogens is 215 g/mol. The molecule has 0 bridgehead atoms. The van der Waals surface area contributed by atoms with Gasteiger partial charge >= 0.3 is 12.1 Å². The zero-order valence-corrected chi connectivity index (χ0v) is 7.06. The molecule has 80 valence electrons. The van der Waals surface area contributed by atoms with E-state index in [1.165, 1.54) is 6.20 Å². The quantitative estimate of drug-likeness (QED) is 0.702. The van der Waals surface area contributed by atoms with E-state index in [4.69, 9.17) is 15.2 Å². The fraction of sp³-hybridized carbons (Fsp3) is 0.143. The Balaban J connectivity index is 0.000000265. The average molecular weight is 219 g/mol. The van der Waals surface area contributed by atoms with Crippen LogP contribution in [0.15, 0.2) is 18.3 Å². The number of carboxylic acid groups (broad SMARTS) is 1. The summed E-state index contributed by atoms with van der Waals surface area (Å²) in [6.45, 7) is 0. The monoisotopic (exact) mass is 219 g/mol. The van der Waals surface area contributed by atoms with E-state index in [-0.39, 0.29) is 0 Å². The first kappa shape index (κ1) is 12.8. The van der Waals surface area contributed by atoms with Gasteiger partial charge in [-0.25, -0.2) is 4.79 Å². The van der Waals surface area contributed by atoms with Crippen LogP contribution in [0, 0.1) is 11.3 Å². The number of aromatic nitrogens is 2. The molecule has 8 heteroatoms. The molecule has 0 aliphatic carbocycles. The molecule has 0 radical (unpaired) electrons. The average Bonchev–Trinajstić information content (AvgIpc) is 2.18. The number of nitriles is 1. The molecule has 1 aromatic rings. The number of rotatable bonds is 0. The predicted octanol–water partition coefficient (Wildman–Crippen LogP) is 0.982. The summed E-state index contributed by atoms with van der Waals surface area (Å²) in [4.78, 5) is 8.90. The Bertz CT molecular complexity index is 358. The van der Waals surface area contributed by atoms with Gasteiger partial charge < -0.3 is 5.11 Å². The fourth-order valence-corrected chi connectivity index (χ4v) is 0.361. The number of nitrogens with zero attached hydrogens (tertiary/aromatic N) is 3. The molecule has 1 rings (SSSR count). The molecule has 0 aliphatic heterocycles. The Morgan fingerprint density at radius 2 is 2.07 bits per heavy atom. The van der Waals surface area contributed by atoms with Gasteiger partial charge in [-0.1, -0.05) is 0 Å². The van der Waals surface area contributed by atoms with Crippen LogP contribution in [0.4, 0.5) is 13.2 Å². The minimum Gasteiger partial charge on any atom is -0.475 e. The molecule has 0 atom stereocenters. The van der Waals surface area contributed by atoms with E-state index in [1.807, 2.05) is 6.07 Å². The van der Waals surface area contributed by atoms with Crippen LogP contribution in [0.5, 0.6) is 0 Å². The molecule has 0 unspecified atom stereocenters. The van der Waals surface area contributed by atoms with Crippen molar-refractivity contribution in [3.05, 3.63) is 24.0 Å². The number of hydrogen-bond donors (Lipinski definition) is 1. The van der Waals surface area contributed by atoms with E-state index in [2.05, 4.69) is 10.2 Å². The van der Waals surface area contributed by atoms with Crippen molar-refractivity contribution in [2.45, 2.75) is 6.18 Å². The van der Waals surface area contributed by atoms with E-state index >= 15 is 0 Å². The van der Waals surface area contributed by atoms with Gasteiger partial charge in [0.05, 0.1) is 0 Å². The van der Waals surface area contributed by atoms with Gasteiger partial charge in [-0.2, -0.15) is 23.5 Å². The van der Waals surface area contributed by atoms with Gasteiger partial charge in [0, 0.05) is 6.20 Å². The number of hydrogen-bond acceptors (Lipinski definition) is 4. The fourth-order valence-electron chi connectivity index (χ4n) is 0.361. The van der Waals surface area contributed by atoms with Gasteiger partial charge in [-0.15, -0.1) is 5.10 Å². The highest BCUT2D eigenvalue weighted by atomic mass is 19.4. The highest BCUT2D eigenvalue weighted by Gasteiger charge is 2.38. The van der Waals surface area contributed by atoms with Crippen LogP contribution < -0.4 is 0 Å². The van der Waals surface area contributed by atoms with Crippen LogP contribution in [-0.2, 0) is 4.79 Å². The molecule has 0 aliphatic rings. The van der Waals surface area contributed by atoms with Crippen molar-refractivity contribution in [3.63, 3.8) is 0 Å². The summed E-state index contributed by atoms with van der Waals surface area (Å²) in [6, 6.07) is 5.13. The molecule has 0 amide bonds. The summed E-state index contributed by atoms with van der Waals surface area (Å²) in [5.41, 5.74) is 0.354. The molecule has 0 aromatic carbocycles. The Morgan fingerprint density at radius 3 is 2.27 bits per heavy atom. The maximum absolute atomic E-state index is 10.6. The lowest BCUT2D eigenvalue weighted by atomic mass is 10.4. The lowest BCUT2D eigenvalue weighted by Gasteiger charge is -1.93. The molecule has 1 N–H and O–H groups in total. The molecule has 0 saturated heterocycles. The van der Waals surface area contributed by atoms with Crippen LogP contribution in [0.3, 0.4) is 0 Å². The van der Waals surface area contributed by atoms with Gasteiger partial charge in [0.1, 0.15) is 6.07 Å². The smallest absolute Gasteiger partial charge is 0.475 e. The molecule has 0 spiro atoms. The second-order valence-corrected chi connectivity index (χ2v) is 2.02. The van der Waals surface area contributed by atoms with Crippen molar-refractivity contribution in [1.82, 2.24) is 10.2 Å². The second kappa shape index (κ2) is 5.54. The molecule has 1 heterocycles. The Hall–Kier alpha value is -2.17. The van der Waals surface area contributed by atoms with Gasteiger partial charge in [-0.3, -0.25) is 0 Å². The first-order valence-corrected chi connectivity index (χ1v) is 3.36. The normalized spacial score (nSPS) is 9.47. The highest BCUT2D eigenvalue weighted by molar-refractivity contribution is 5.73. The molecule has 0 fully saturated rings. The third kappa shape index (κ3) is 5.98. The van der Waals surface area contributed by atoms with Crippen LogP contribution in [-0.4, -0.2) is 27.4 Å². The van der Waals surface area contributed by atoms with Crippen molar-refractivity contribution >= 4 is 5.97 Å². The van der Waals surface area contributed by atoms with Crippen molar-refractivity contribution in [2.24, 2.45) is 0 Å². The number of aliphatic carboxylic acids is 1. The van der Waals surface area contributed by atoms with Gasteiger partial charge in [0.2, 0.25) is 0 Å². The zero-order valence-electron chi connectivity index (χ0n) is 7.06. The lowest BCUT2D eigenvalue weighted by molar-refractivity contribution is -0.192. The van der Waals surface area contributed by atoms with E-state index < -0.39 is 12.1 Å². The summed E-state index contributed by atoms with van der Waals surface area (Å²) < 4.78 is 31.7. The number of carboxylic acids is 1. The maximum Gasteiger partial charge on any atom is 0.490 e. The summed E-state index contributed by atoms with van der Waals surface area (Å²) in [5.74, 6) is -2.76. The van der Waals surface area contributed by atoms with Crippen LogP contribution in [0.2, 0.25) is 0 Å². The topological polar surface area (TPSA) is 86.9 Å². The number of alkyl halides is 3. The third-order valence-corrected chi connectivity index (χ3v) is 0.929. The molecular formula is C7H4F3N3O2. The Kier molecular flexibility index (Phi) is 4.74. The lowest BCUT2D eigenvalue weighted by Crippen LogP contribution is -2.21. The standard InChI is InChI=1S/C5H3N3.C2HF3O2/c6-4-5-2-1-3-7-8-5;3-2(4,5)1(6)7/h1-3H;(H,6,7). The van der Waals surface area contributed by atoms with E-state index in [0.717, 1.165) is 0 Å². The van der Waals surface area contributed by atoms with Crippen LogP contribution >= 0.6 is 0 Å². The van der Waals surface area contributed by atoms with E-state index in [1.54, 1.807) is 12.1 Å². The minimum absolute atomic E-state index is 0.354. The van der Waals surface area contributed by atoms with Gasteiger partial charge in [0.15, 0.2) is 5.69 Å². The molecule has 5 nitrogen and oxygen atoms in total. The van der Waals surface area contributed by atoms with Crippen molar-refractivity contribution < 1.29 is 23.1 Å². The van der Waals surface area contributed by atoms with E-state index in [9.17, 15) is 13.2 Å². The van der Waals surface area contributed by atoms with Crippen LogP contribution in [0.25, 0.3) is 0 Å². The summed E-state index contributed by atoms with van der Waals surface area (Å²) >= 11 is 0. The summed E-state index contributed by atoms with van der Waals surface area (Å²) in [6.07, 6.45) is -3.55. The predicted molar refractivity (Wildman–Crippen MR) is 40.4 cm³/mol. The first-order valence-electron chi connectivity index (χ1n) is 3.36. The third-order valence-electron chi connectivity index (χ3n) is 0.929. The highest BCUT2D eigenvalue weighted by Crippen LogP contribution is 2.13. The number of carbonyl (C=O) groups is 1. The largest absolute Gasteiger partial charge is 0.490 e. The summed E-state index contributed by atoms with van der Waals surface area (Å²) in [5, 5.41) is 22.3. The van der Waals surface area contributed by atoms with Crippen molar-refractivity contribution in [2.75, 3.05) is 0 Å². The minimum atomic E-state index is -5.08. The van der Waals surface area contributed by atoms with Crippen molar-refractivity contribution in [1.29, 1.82) is 5.26 Å². The summed E-state index contributed by atoms with van der Waals surface area (Å²) in [7, 11) is 0. The van der Waals surface area contributed by atoms with Gasteiger partial charge in [0.25, 0.3) is 0 Å². The first-order chi connectivity index (χ1) is 6.88. The Labute approximate surface area is 81.8 Å². The SMILES string of the molecule is N#Cc1cccnn1.O=C(O)C(F)(F)F. The van der Waals surface area contributed by atoms with E-state index in [0.29, 0.717) is 5.69 Å². The van der Waals surface area contributed by atoms with Crippen molar-refractivity contribution in [3.8, 4) is 6.07 Å². The second-order valence-electron chi connectivity index (χ2n) is 2.02. The molecule has 0 saturated carbocycles. The zero-order chi connectivity index (χ0) is 11.9. The molecule has 15 heavy (non-hydrogen) atoms. The number of halogens is 3. The molecule has 1 aromatic heterocycles. The van der Waals surface area contributed by atoms with Gasteiger partial charge in [-0.05, 0) is 12.1 Å². The Morgan fingerprint density at radius 1 is 1.53 bits per heavy atom. The maximum atomic E-state index is 10.6.